The second kappa shape index (κ2) is 6.97. The van der Waals surface area contributed by atoms with Gasteiger partial charge in [-0.15, -0.1) is 0 Å². The summed E-state index contributed by atoms with van der Waals surface area (Å²) in [6, 6.07) is 2.87. The fourth-order valence-corrected chi connectivity index (χ4v) is 1.68. The van der Waals surface area contributed by atoms with Gasteiger partial charge in [0.1, 0.15) is 11.9 Å². The number of hydrogen-bond acceptors (Lipinski definition) is 4. The van der Waals surface area contributed by atoms with Gasteiger partial charge in [0, 0.05) is 13.5 Å². The molecule has 7 heteroatoms. The van der Waals surface area contributed by atoms with Gasteiger partial charge in [0.05, 0.1) is 11.7 Å². The van der Waals surface area contributed by atoms with Crippen LogP contribution in [0.1, 0.15) is 35.4 Å². The Bertz CT molecular complexity index is 506. The summed E-state index contributed by atoms with van der Waals surface area (Å²) in [7, 11) is 0. The van der Waals surface area contributed by atoms with Gasteiger partial charge in [0.2, 0.25) is 5.91 Å². The summed E-state index contributed by atoms with van der Waals surface area (Å²) in [4.78, 5) is 21.4. The summed E-state index contributed by atoms with van der Waals surface area (Å²) >= 11 is 0. The Labute approximate surface area is 114 Å². The van der Waals surface area contributed by atoms with E-state index in [1.54, 1.807) is 0 Å². The van der Waals surface area contributed by atoms with Crippen molar-refractivity contribution in [2.24, 2.45) is 0 Å². The number of nitrogens with one attached hydrogen (secondary N) is 1. The summed E-state index contributed by atoms with van der Waals surface area (Å²) in [6.45, 7) is 1.46. The average Bonchev–Trinajstić information content (AvgIpc) is 2.36. The van der Waals surface area contributed by atoms with Gasteiger partial charge in [-0.3, -0.25) is 4.79 Å². The van der Waals surface area contributed by atoms with Crippen molar-refractivity contribution in [1.82, 2.24) is 5.32 Å². The van der Waals surface area contributed by atoms with Crippen molar-refractivity contribution in [2.75, 3.05) is 6.54 Å². The maximum absolute atomic E-state index is 13.3. The van der Waals surface area contributed by atoms with E-state index in [1.807, 2.05) is 0 Å². The van der Waals surface area contributed by atoms with Gasteiger partial charge in [-0.2, -0.15) is 0 Å². The molecule has 2 unspecified atom stereocenters. The SMILES string of the molecule is CC(=O)NCCC(O)C(O)c1cc(F)cc(C(=O)O)c1. The normalized spacial score (nSPS) is 13.6. The van der Waals surface area contributed by atoms with Crippen molar-refractivity contribution in [1.29, 1.82) is 0 Å². The zero-order valence-electron chi connectivity index (χ0n) is 10.8. The van der Waals surface area contributed by atoms with Crippen molar-refractivity contribution in [2.45, 2.75) is 25.6 Å². The Morgan fingerprint density at radius 1 is 1.30 bits per heavy atom. The van der Waals surface area contributed by atoms with Crippen LogP contribution < -0.4 is 5.32 Å². The van der Waals surface area contributed by atoms with Crippen LogP contribution in [0.5, 0.6) is 0 Å². The van der Waals surface area contributed by atoms with E-state index in [4.69, 9.17) is 5.11 Å². The fourth-order valence-electron chi connectivity index (χ4n) is 1.68. The molecule has 6 nitrogen and oxygen atoms in total. The van der Waals surface area contributed by atoms with Gasteiger partial charge in [0.25, 0.3) is 0 Å². The van der Waals surface area contributed by atoms with Gasteiger partial charge >= 0.3 is 5.97 Å². The monoisotopic (exact) mass is 285 g/mol. The van der Waals surface area contributed by atoms with E-state index in [0.29, 0.717) is 0 Å². The maximum Gasteiger partial charge on any atom is 0.335 e. The first kappa shape index (κ1) is 16.1. The molecule has 0 aliphatic carbocycles. The van der Waals surface area contributed by atoms with Crippen molar-refractivity contribution in [3.05, 3.63) is 35.1 Å². The molecule has 2 atom stereocenters. The van der Waals surface area contributed by atoms with Gasteiger partial charge in [0.15, 0.2) is 0 Å². The van der Waals surface area contributed by atoms with Crippen LogP contribution >= 0.6 is 0 Å². The lowest BCUT2D eigenvalue weighted by molar-refractivity contribution is -0.119. The highest BCUT2D eigenvalue weighted by atomic mass is 19.1. The quantitative estimate of drug-likeness (QED) is 0.607. The molecule has 0 saturated heterocycles. The third-order valence-corrected chi connectivity index (χ3v) is 2.69. The van der Waals surface area contributed by atoms with Crippen LogP contribution in [0.3, 0.4) is 0 Å². The van der Waals surface area contributed by atoms with Gasteiger partial charge < -0.3 is 20.6 Å². The molecule has 0 aliphatic rings. The molecule has 4 N–H and O–H groups in total. The van der Waals surface area contributed by atoms with Crippen molar-refractivity contribution in [3.63, 3.8) is 0 Å². The number of aliphatic hydroxyl groups excluding tert-OH is 2. The van der Waals surface area contributed by atoms with Gasteiger partial charge in [-0.1, -0.05) is 0 Å². The Morgan fingerprint density at radius 3 is 2.50 bits per heavy atom. The van der Waals surface area contributed by atoms with Crippen LogP contribution in [-0.2, 0) is 4.79 Å². The number of rotatable bonds is 6. The third kappa shape index (κ3) is 4.60. The predicted molar refractivity (Wildman–Crippen MR) is 67.6 cm³/mol. The van der Waals surface area contributed by atoms with Gasteiger partial charge in [-0.05, 0) is 30.2 Å². The van der Waals surface area contributed by atoms with Crippen LogP contribution in [-0.4, -0.2) is 39.8 Å². The minimum absolute atomic E-state index is 0.0299. The second-order valence-corrected chi connectivity index (χ2v) is 4.36. The maximum atomic E-state index is 13.3. The Hall–Kier alpha value is -1.99. The molecular weight excluding hydrogens is 269 g/mol. The van der Waals surface area contributed by atoms with Crippen LogP contribution in [0.25, 0.3) is 0 Å². The summed E-state index contributed by atoms with van der Waals surface area (Å²) in [5.41, 5.74) is -0.342. The smallest absolute Gasteiger partial charge is 0.335 e. The highest BCUT2D eigenvalue weighted by molar-refractivity contribution is 5.87. The Kier molecular flexibility index (Phi) is 5.60. The zero-order chi connectivity index (χ0) is 15.3. The van der Waals surface area contributed by atoms with Crippen LogP contribution in [0.15, 0.2) is 18.2 Å². The lowest BCUT2D eigenvalue weighted by Gasteiger charge is -2.18. The molecule has 1 amide bonds. The van der Waals surface area contributed by atoms with E-state index >= 15 is 0 Å². The van der Waals surface area contributed by atoms with E-state index in [-0.39, 0.29) is 30.0 Å². The molecule has 0 aliphatic heterocycles. The third-order valence-electron chi connectivity index (χ3n) is 2.69. The molecule has 0 saturated carbocycles. The average molecular weight is 285 g/mol. The van der Waals surface area contributed by atoms with Crippen LogP contribution in [0.2, 0.25) is 0 Å². The number of carboxylic acids is 1. The molecule has 20 heavy (non-hydrogen) atoms. The molecular formula is C13H16FNO5. The highest BCUT2D eigenvalue weighted by Gasteiger charge is 2.20. The Balaban J connectivity index is 2.77. The first-order valence-electron chi connectivity index (χ1n) is 5.95. The van der Waals surface area contributed by atoms with Crippen molar-refractivity contribution in [3.8, 4) is 0 Å². The number of halogens is 1. The molecule has 0 spiro atoms. The number of benzene rings is 1. The van der Waals surface area contributed by atoms with E-state index in [1.165, 1.54) is 6.92 Å². The summed E-state index contributed by atoms with van der Waals surface area (Å²) in [5.74, 6) is -2.41. The highest BCUT2D eigenvalue weighted by Crippen LogP contribution is 2.21. The fraction of sp³-hybridized carbons (Fsp3) is 0.385. The minimum atomic E-state index is -1.43. The molecule has 1 aromatic rings. The molecule has 1 rings (SSSR count). The lowest BCUT2D eigenvalue weighted by Crippen LogP contribution is -2.27. The van der Waals surface area contributed by atoms with Crippen LogP contribution in [0.4, 0.5) is 4.39 Å². The van der Waals surface area contributed by atoms with Crippen molar-refractivity contribution < 1.29 is 29.3 Å². The van der Waals surface area contributed by atoms with E-state index in [0.717, 1.165) is 18.2 Å². The molecule has 0 radical (unpaired) electrons. The molecule has 110 valence electrons. The summed E-state index contributed by atoms with van der Waals surface area (Å²) < 4.78 is 13.3. The Morgan fingerprint density at radius 2 is 1.95 bits per heavy atom. The second-order valence-electron chi connectivity index (χ2n) is 4.36. The first-order valence-corrected chi connectivity index (χ1v) is 5.95. The zero-order valence-corrected chi connectivity index (χ0v) is 10.8. The molecule has 0 aromatic heterocycles. The first-order chi connectivity index (χ1) is 9.31. The topological polar surface area (TPSA) is 107 Å². The van der Waals surface area contributed by atoms with Gasteiger partial charge in [-0.25, -0.2) is 9.18 Å². The number of aromatic carboxylic acids is 1. The molecule has 0 bridgehead atoms. The minimum Gasteiger partial charge on any atom is -0.478 e. The number of carbonyl (C=O) groups excluding carboxylic acids is 1. The molecule has 1 aromatic carbocycles. The van der Waals surface area contributed by atoms with Crippen LogP contribution in [0, 0.1) is 5.82 Å². The number of carbonyl (C=O) groups is 2. The number of hydrogen-bond donors (Lipinski definition) is 4. The largest absolute Gasteiger partial charge is 0.478 e. The molecule has 0 heterocycles. The standard InChI is InChI=1S/C13H16FNO5/c1-7(16)15-3-2-11(17)12(18)8-4-9(13(19)20)6-10(14)5-8/h4-6,11-12,17-18H,2-3H2,1H3,(H,15,16)(H,19,20). The predicted octanol–water partition coefficient (Wildman–Crippen LogP) is 0.444. The van der Waals surface area contributed by atoms with Crippen molar-refractivity contribution >= 4 is 11.9 Å². The van der Waals surface area contributed by atoms with E-state index in [9.17, 15) is 24.2 Å². The van der Waals surface area contributed by atoms with E-state index in [2.05, 4.69) is 5.32 Å². The number of amides is 1. The lowest BCUT2D eigenvalue weighted by atomic mass is 10.00. The summed E-state index contributed by atoms with van der Waals surface area (Å²) in [5, 5.41) is 30.8. The number of aliphatic hydroxyl groups is 2. The van der Waals surface area contributed by atoms with E-state index < -0.39 is 24.0 Å². The summed E-state index contributed by atoms with van der Waals surface area (Å²) in [6.07, 6.45) is -2.62. The number of carboxylic acid groups (broad SMARTS) is 1. The molecule has 0 fully saturated rings.